The molecule has 3 N–H and O–H groups in total. The van der Waals surface area contributed by atoms with Crippen LogP contribution in [0, 0.1) is 11.7 Å². The van der Waals surface area contributed by atoms with E-state index in [1.54, 1.807) is 12.1 Å². The molecule has 19 heavy (non-hydrogen) atoms. The van der Waals surface area contributed by atoms with Gasteiger partial charge in [0, 0.05) is 18.6 Å². The Bertz CT molecular complexity index is 435. The molecule has 1 aliphatic carbocycles. The molecule has 0 aromatic heterocycles. The maximum Gasteiger partial charge on any atom is 0.224 e. The van der Waals surface area contributed by atoms with E-state index in [1.807, 2.05) is 0 Å². The van der Waals surface area contributed by atoms with Crippen molar-refractivity contribution in [2.24, 2.45) is 5.92 Å². The number of halogens is 1. The van der Waals surface area contributed by atoms with E-state index in [9.17, 15) is 14.3 Å². The van der Waals surface area contributed by atoms with Gasteiger partial charge in [-0.15, -0.1) is 0 Å². The lowest BCUT2D eigenvalue weighted by Gasteiger charge is -2.12. The van der Waals surface area contributed by atoms with Crippen molar-refractivity contribution in [1.82, 2.24) is 5.32 Å². The van der Waals surface area contributed by atoms with Crippen LogP contribution < -0.4 is 5.32 Å². The summed E-state index contributed by atoms with van der Waals surface area (Å²) in [5, 5.41) is 21.5. The van der Waals surface area contributed by atoms with Gasteiger partial charge in [0.05, 0.1) is 12.5 Å². The summed E-state index contributed by atoms with van der Waals surface area (Å²) in [6.45, 7) is -0.0640. The Kier molecular flexibility index (Phi) is 4.50. The van der Waals surface area contributed by atoms with Crippen LogP contribution in [0.5, 0.6) is 0 Å². The van der Waals surface area contributed by atoms with E-state index in [0.717, 1.165) is 5.56 Å². The van der Waals surface area contributed by atoms with E-state index in [1.165, 1.54) is 12.1 Å². The van der Waals surface area contributed by atoms with Crippen molar-refractivity contribution in [3.63, 3.8) is 0 Å². The first-order valence-electron chi connectivity index (χ1n) is 6.41. The second kappa shape index (κ2) is 6.12. The zero-order valence-corrected chi connectivity index (χ0v) is 10.6. The molecule has 0 unspecified atom stereocenters. The highest BCUT2D eigenvalue weighted by Gasteiger charge is 2.33. The highest BCUT2D eigenvalue weighted by molar-refractivity contribution is 5.78. The van der Waals surface area contributed by atoms with Gasteiger partial charge in [0.25, 0.3) is 0 Å². The molecule has 1 saturated carbocycles. The van der Waals surface area contributed by atoms with Crippen molar-refractivity contribution in [2.75, 3.05) is 6.61 Å². The van der Waals surface area contributed by atoms with Gasteiger partial charge in [0.2, 0.25) is 5.91 Å². The van der Waals surface area contributed by atoms with Crippen LogP contribution in [0.25, 0.3) is 0 Å². The zero-order valence-electron chi connectivity index (χ0n) is 10.6. The largest absolute Gasteiger partial charge is 0.396 e. The van der Waals surface area contributed by atoms with E-state index in [-0.39, 0.29) is 36.7 Å². The lowest BCUT2D eigenvalue weighted by atomic mass is 10.1. The van der Waals surface area contributed by atoms with Gasteiger partial charge in [0.15, 0.2) is 0 Å². The van der Waals surface area contributed by atoms with Gasteiger partial charge >= 0.3 is 0 Å². The summed E-state index contributed by atoms with van der Waals surface area (Å²) < 4.78 is 12.7. The standard InChI is InChI=1S/C14H18FNO3/c15-11-3-1-9(2-4-11)5-14(19)16-12-6-10(8-17)13(18)7-12/h1-4,10,12-13,17-18H,5-8H2,(H,16,19)/t10-,12+,13-/m1/s1. The summed E-state index contributed by atoms with van der Waals surface area (Å²) >= 11 is 0. The maximum absolute atomic E-state index is 12.7. The van der Waals surface area contributed by atoms with Crippen LogP contribution in [0.2, 0.25) is 0 Å². The predicted octanol–water partition coefficient (Wildman–Crippen LogP) is 0.616. The van der Waals surface area contributed by atoms with Gasteiger partial charge in [-0.2, -0.15) is 0 Å². The minimum absolute atomic E-state index is 0.0640. The first kappa shape index (κ1) is 14.0. The molecule has 3 atom stereocenters. The molecule has 1 aliphatic rings. The predicted molar refractivity (Wildman–Crippen MR) is 67.9 cm³/mol. The molecular weight excluding hydrogens is 249 g/mol. The second-order valence-corrected chi connectivity index (χ2v) is 5.05. The van der Waals surface area contributed by atoms with Crippen molar-refractivity contribution in [2.45, 2.75) is 31.4 Å². The van der Waals surface area contributed by atoms with Crippen LogP contribution in [0.15, 0.2) is 24.3 Å². The van der Waals surface area contributed by atoms with Crippen molar-refractivity contribution in [1.29, 1.82) is 0 Å². The number of amides is 1. The van der Waals surface area contributed by atoms with E-state index < -0.39 is 6.10 Å². The number of rotatable bonds is 4. The SMILES string of the molecule is O=C(Cc1ccc(F)cc1)N[C@H]1C[C@H](CO)[C@H](O)C1. The number of aliphatic hydroxyl groups excluding tert-OH is 2. The first-order chi connectivity index (χ1) is 9.08. The monoisotopic (exact) mass is 267 g/mol. The Morgan fingerprint density at radius 1 is 1.32 bits per heavy atom. The maximum atomic E-state index is 12.7. The minimum Gasteiger partial charge on any atom is -0.396 e. The van der Waals surface area contributed by atoms with Crippen LogP contribution in [-0.4, -0.2) is 34.9 Å². The quantitative estimate of drug-likeness (QED) is 0.749. The molecule has 0 bridgehead atoms. The molecule has 104 valence electrons. The van der Waals surface area contributed by atoms with Crippen molar-refractivity contribution >= 4 is 5.91 Å². The summed E-state index contributed by atoms with van der Waals surface area (Å²) in [4.78, 5) is 11.8. The average molecular weight is 267 g/mol. The third-order valence-electron chi connectivity index (χ3n) is 3.53. The average Bonchev–Trinajstić information content (AvgIpc) is 2.72. The van der Waals surface area contributed by atoms with E-state index in [4.69, 9.17) is 5.11 Å². The minimum atomic E-state index is -0.555. The first-order valence-corrected chi connectivity index (χ1v) is 6.41. The topological polar surface area (TPSA) is 69.6 Å². The fourth-order valence-electron chi connectivity index (χ4n) is 2.48. The number of aliphatic hydroxyl groups is 2. The smallest absolute Gasteiger partial charge is 0.224 e. The number of carbonyl (C=O) groups excluding carboxylic acids is 1. The number of benzene rings is 1. The van der Waals surface area contributed by atoms with Crippen LogP contribution >= 0.6 is 0 Å². The fourth-order valence-corrected chi connectivity index (χ4v) is 2.48. The lowest BCUT2D eigenvalue weighted by molar-refractivity contribution is -0.121. The van der Waals surface area contributed by atoms with Crippen molar-refractivity contribution in [3.8, 4) is 0 Å². The number of carbonyl (C=O) groups is 1. The Morgan fingerprint density at radius 2 is 2.00 bits per heavy atom. The Hall–Kier alpha value is -1.46. The van der Waals surface area contributed by atoms with Crippen LogP contribution in [-0.2, 0) is 11.2 Å². The van der Waals surface area contributed by atoms with Gasteiger partial charge in [-0.25, -0.2) is 4.39 Å². The van der Waals surface area contributed by atoms with E-state index >= 15 is 0 Å². The highest BCUT2D eigenvalue weighted by Crippen LogP contribution is 2.25. The van der Waals surface area contributed by atoms with E-state index in [0.29, 0.717) is 12.8 Å². The van der Waals surface area contributed by atoms with E-state index in [2.05, 4.69) is 5.32 Å². The van der Waals surface area contributed by atoms with Crippen molar-refractivity contribution in [3.05, 3.63) is 35.6 Å². The van der Waals surface area contributed by atoms with Crippen LogP contribution in [0.3, 0.4) is 0 Å². The number of hydrogen-bond donors (Lipinski definition) is 3. The van der Waals surface area contributed by atoms with Gasteiger partial charge in [0.1, 0.15) is 5.82 Å². The molecular formula is C14H18FNO3. The number of hydrogen-bond acceptors (Lipinski definition) is 3. The summed E-state index contributed by atoms with van der Waals surface area (Å²) in [7, 11) is 0. The number of nitrogens with one attached hydrogen (secondary N) is 1. The Morgan fingerprint density at radius 3 is 2.58 bits per heavy atom. The molecule has 0 aliphatic heterocycles. The molecule has 1 fully saturated rings. The second-order valence-electron chi connectivity index (χ2n) is 5.05. The van der Waals surface area contributed by atoms with Gasteiger partial charge in [-0.05, 0) is 30.5 Å². The molecule has 0 radical (unpaired) electrons. The summed E-state index contributed by atoms with van der Waals surface area (Å²) in [6.07, 6.45) is 0.699. The molecule has 5 heteroatoms. The third-order valence-corrected chi connectivity index (χ3v) is 3.53. The summed E-state index contributed by atoms with van der Waals surface area (Å²) in [5.41, 5.74) is 0.746. The third kappa shape index (κ3) is 3.75. The molecule has 1 aromatic rings. The van der Waals surface area contributed by atoms with Gasteiger partial charge < -0.3 is 15.5 Å². The molecule has 0 heterocycles. The molecule has 1 aromatic carbocycles. The highest BCUT2D eigenvalue weighted by atomic mass is 19.1. The fraction of sp³-hybridized carbons (Fsp3) is 0.500. The molecule has 2 rings (SSSR count). The molecule has 0 saturated heterocycles. The van der Waals surface area contributed by atoms with Gasteiger partial charge in [-0.3, -0.25) is 4.79 Å². The lowest BCUT2D eigenvalue weighted by Crippen LogP contribution is -2.34. The van der Waals surface area contributed by atoms with Crippen molar-refractivity contribution < 1.29 is 19.4 Å². The normalized spacial score (nSPS) is 26.4. The summed E-state index contributed by atoms with van der Waals surface area (Å²) in [6, 6.07) is 5.71. The molecule has 0 spiro atoms. The Balaban J connectivity index is 1.83. The van der Waals surface area contributed by atoms with Crippen LogP contribution in [0.4, 0.5) is 4.39 Å². The van der Waals surface area contributed by atoms with Gasteiger partial charge in [-0.1, -0.05) is 12.1 Å². The summed E-state index contributed by atoms with van der Waals surface area (Å²) in [5.74, 6) is -0.632. The Labute approximate surface area is 111 Å². The van der Waals surface area contributed by atoms with Crippen LogP contribution in [0.1, 0.15) is 18.4 Å². The molecule has 1 amide bonds. The molecule has 4 nitrogen and oxygen atoms in total. The zero-order chi connectivity index (χ0) is 13.8.